The van der Waals surface area contributed by atoms with Crippen molar-refractivity contribution in [1.29, 1.82) is 0 Å². The number of hydrogen-bond acceptors (Lipinski definition) is 1. The molecule has 2 saturated carbocycles. The van der Waals surface area contributed by atoms with Gasteiger partial charge >= 0.3 is 6.18 Å². The van der Waals surface area contributed by atoms with Gasteiger partial charge in [-0.3, -0.25) is 4.68 Å². The maximum atomic E-state index is 13.1. The Morgan fingerprint density at radius 3 is 2.21 bits per heavy atom. The molecule has 0 aliphatic heterocycles. The second kappa shape index (κ2) is 4.84. The first-order valence-corrected chi connectivity index (χ1v) is 7.22. The van der Waals surface area contributed by atoms with Crippen molar-refractivity contribution in [3.63, 3.8) is 0 Å². The number of alkyl halides is 3. The van der Waals surface area contributed by atoms with Gasteiger partial charge in [0.15, 0.2) is 0 Å². The topological polar surface area (TPSA) is 17.8 Å². The summed E-state index contributed by atoms with van der Waals surface area (Å²) in [7, 11) is 0. The molecule has 0 radical (unpaired) electrons. The Labute approximate surface area is 111 Å². The van der Waals surface area contributed by atoms with Crippen molar-refractivity contribution in [2.75, 3.05) is 0 Å². The summed E-state index contributed by atoms with van der Waals surface area (Å²) in [5.41, 5.74) is 0.122. The summed E-state index contributed by atoms with van der Waals surface area (Å²) in [6.07, 6.45) is 3.79. The molecule has 1 aromatic heterocycles. The summed E-state index contributed by atoms with van der Waals surface area (Å²) in [5.74, 6) is 0.233. The molecule has 0 aromatic carbocycles. The van der Waals surface area contributed by atoms with Crippen LogP contribution in [0.4, 0.5) is 13.2 Å². The lowest BCUT2D eigenvalue weighted by molar-refractivity contribution is -0.145. The highest BCUT2D eigenvalue weighted by atomic mass is 19.4. The standard InChI is InChI=1S/C14H19F3N2/c15-14(16,17)13-9-12(10-5-2-1-3-6-10)18-19(13)11-7-4-8-11/h9-11H,1-8H2. The van der Waals surface area contributed by atoms with E-state index >= 15 is 0 Å². The van der Waals surface area contributed by atoms with Gasteiger partial charge in [-0.1, -0.05) is 19.3 Å². The first kappa shape index (κ1) is 13.0. The first-order valence-electron chi connectivity index (χ1n) is 7.22. The van der Waals surface area contributed by atoms with Crippen LogP contribution in [0, 0.1) is 0 Å². The summed E-state index contributed by atoms with van der Waals surface area (Å²) in [6, 6.07) is 1.27. The molecule has 0 atom stereocenters. The normalized spacial score (nSPS) is 22.5. The minimum Gasteiger partial charge on any atom is -0.257 e. The zero-order chi connectivity index (χ0) is 13.5. The number of nitrogens with zero attached hydrogens (tertiary/aromatic N) is 2. The predicted octanol–water partition coefficient (Wildman–Crippen LogP) is 4.67. The molecule has 2 aliphatic carbocycles. The van der Waals surface area contributed by atoms with Gasteiger partial charge in [-0.05, 0) is 38.2 Å². The fraction of sp³-hybridized carbons (Fsp3) is 0.786. The van der Waals surface area contributed by atoms with E-state index in [1.165, 1.54) is 17.2 Å². The Kier molecular flexibility index (Phi) is 3.31. The van der Waals surface area contributed by atoms with E-state index in [0.29, 0.717) is 5.69 Å². The van der Waals surface area contributed by atoms with Crippen LogP contribution in [0.5, 0.6) is 0 Å². The zero-order valence-corrected chi connectivity index (χ0v) is 10.9. The van der Waals surface area contributed by atoms with Gasteiger partial charge in [0.2, 0.25) is 0 Å². The predicted molar refractivity (Wildman–Crippen MR) is 65.9 cm³/mol. The molecule has 3 rings (SSSR count). The van der Waals surface area contributed by atoms with Gasteiger partial charge < -0.3 is 0 Å². The van der Waals surface area contributed by atoms with Gasteiger partial charge in [0.1, 0.15) is 5.69 Å². The van der Waals surface area contributed by atoms with Crippen LogP contribution in [-0.2, 0) is 6.18 Å². The van der Waals surface area contributed by atoms with Gasteiger partial charge in [-0.25, -0.2) is 0 Å². The van der Waals surface area contributed by atoms with E-state index in [1.807, 2.05) is 0 Å². The number of aromatic nitrogens is 2. The molecular formula is C14H19F3N2. The third-order valence-corrected chi connectivity index (χ3v) is 4.49. The van der Waals surface area contributed by atoms with E-state index in [4.69, 9.17) is 0 Å². The van der Waals surface area contributed by atoms with E-state index in [-0.39, 0.29) is 12.0 Å². The van der Waals surface area contributed by atoms with E-state index < -0.39 is 11.9 Å². The third-order valence-electron chi connectivity index (χ3n) is 4.49. The van der Waals surface area contributed by atoms with Gasteiger partial charge in [0, 0.05) is 5.92 Å². The molecule has 0 amide bonds. The van der Waals surface area contributed by atoms with Crippen molar-refractivity contribution in [1.82, 2.24) is 9.78 Å². The van der Waals surface area contributed by atoms with Gasteiger partial charge in [-0.2, -0.15) is 18.3 Å². The first-order chi connectivity index (χ1) is 9.05. The lowest BCUT2D eigenvalue weighted by Crippen LogP contribution is -2.24. The minimum atomic E-state index is -4.28. The van der Waals surface area contributed by atoms with Crippen LogP contribution in [0.2, 0.25) is 0 Å². The van der Waals surface area contributed by atoms with E-state index in [2.05, 4.69) is 5.10 Å². The molecule has 1 aromatic rings. The third kappa shape index (κ3) is 2.51. The van der Waals surface area contributed by atoms with E-state index in [9.17, 15) is 13.2 Å². The molecule has 2 aliphatic rings. The molecule has 1 heterocycles. The Hall–Kier alpha value is -1.00. The maximum Gasteiger partial charge on any atom is 0.433 e. The quantitative estimate of drug-likeness (QED) is 0.764. The molecule has 0 N–H and O–H groups in total. The van der Waals surface area contributed by atoms with Crippen molar-refractivity contribution in [3.05, 3.63) is 17.5 Å². The Morgan fingerprint density at radius 2 is 1.68 bits per heavy atom. The number of halogens is 3. The van der Waals surface area contributed by atoms with Crippen LogP contribution < -0.4 is 0 Å². The summed E-state index contributed by atoms with van der Waals surface area (Å²) in [4.78, 5) is 0. The number of rotatable bonds is 2. The summed E-state index contributed by atoms with van der Waals surface area (Å²) in [5, 5.41) is 4.32. The highest BCUT2D eigenvalue weighted by molar-refractivity contribution is 5.18. The van der Waals surface area contributed by atoms with Crippen LogP contribution in [0.1, 0.15) is 74.7 Å². The Morgan fingerprint density at radius 1 is 1.00 bits per heavy atom. The van der Waals surface area contributed by atoms with Crippen molar-refractivity contribution >= 4 is 0 Å². The number of hydrogen-bond donors (Lipinski definition) is 0. The molecule has 106 valence electrons. The largest absolute Gasteiger partial charge is 0.433 e. The molecule has 5 heteroatoms. The zero-order valence-electron chi connectivity index (χ0n) is 10.9. The molecule has 0 bridgehead atoms. The average Bonchev–Trinajstić information content (AvgIpc) is 2.72. The smallest absolute Gasteiger partial charge is 0.257 e. The lowest BCUT2D eigenvalue weighted by Gasteiger charge is -2.28. The van der Waals surface area contributed by atoms with Crippen molar-refractivity contribution in [3.8, 4) is 0 Å². The molecule has 2 fully saturated rings. The molecule has 0 spiro atoms. The van der Waals surface area contributed by atoms with Gasteiger partial charge in [-0.15, -0.1) is 0 Å². The van der Waals surface area contributed by atoms with Crippen LogP contribution in [0.3, 0.4) is 0 Å². The summed E-state index contributed by atoms with van der Waals surface area (Å²) in [6.45, 7) is 0. The van der Waals surface area contributed by atoms with Crippen LogP contribution in [0.15, 0.2) is 6.07 Å². The monoisotopic (exact) mass is 272 g/mol. The summed E-state index contributed by atoms with van der Waals surface area (Å²) < 4.78 is 40.5. The average molecular weight is 272 g/mol. The molecular weight excluding hydrogens is 253 g/mol. The highest BCUT2D eigenvalue weighted by Crippen LogP contribution is 2.40. The molecule has 0 saturated heterocycles. The van der Waals surface area contributed by atoms with E-state index in [1.54, 1.807) is 0 Å². The highest BCUT2D eigenvalue weighted by Gasteiger charge is 2.39. The molecule has 2 nitrogen and oxygen atoms in total. The Bertz CT molecular complexity index is 440. The molecule has 19 heavy (non-hydrogen) atoms. The Balaban J connectivity index is 1.91. The SMILES string of the molecule is FC(F)(F)c1cc(C2CCCCC2)nn1C1CCC1. The minimum absolute atomic E-state index is 0.0334. The van der Waals surface area contributed by atoms with Crippen LogP contribution >= 0.6 is 0 Å². The van der Waals surface area contributed by atoms with Gasteiger partial charge in [0.05, 0.1) is 11.7 Å². The van der Waals surface area contributed by atoms with E-state index in [0.717, 1.165) is 44.9 Å². The summed E-state index contributed by atoms with van der Waals surface area (Å²) >= 11 is 0. The second-order valence-corrected chi connectivity index (χ2v) is 5.82. The maximum absolute atomic E-state index is 13.1. The molecule has 0 unspecified atom stereocenters. The fourth-order valence-electron chi connectivity index (χ4n) is 3.13. The van der Waals surface area contributed by atoms with Crippen molar-refractivity contribution in [2.45, 2.75) is 69.5 Å². The lowest BCUT2D eigenvalue weighted by atomic mass is 9.87. The van der Waals surface area contributed by atoms with Crippen LogP contribution in [-0.4, -0.2) is 9.78 Å². The second-order valence-electron chi connectivity index (χ2n) is 5.82. The van der Waals surface area contributed by atoms with Crippen LogP contribution in [0.25, 0.3) is 0 Å². The van der Waals surface area contributed by atoms with Gasteiger partial charge in [0.25, 0.3) is 0 Å². The van der Waals surface area contributed by atoms with Crippen molar-refractivity contribution in [2.24, 2.45) is 0 Å². The fourth-order valence-corrected chi connectivity index (χ4v) is 3.13. The van der Waals surface area contributed by atoms with Crippen molar-refractivity contribution < 1.29 is 13.2 Å².